The summed E-state index contributed by atoms with van der Waals surface area (Å²) in [7, 11) is 1.46. The average molecular weight is 463 g/mol. The Hall–Kier alpha value is -3.64. The number of ketones is 1. The third-order valence-corrected chi connectivity index (χ3v) is 6.06. The summed E-state index contributed by atoms with van der Waals surface area (Å²) in [6.07, 6.45) is 3.18. The molecule has 3 aromatic rings. The summed E-state index contributed by atoms with van der Waals surface area (Å²) >= 11 is 6.15. The molecule has 1 unspecified atom stereocenters. The summed E-state index contributed by atoms with van der Waals surface area (Å²) in [6.45, 7) is 4.15. The van der Waals surface area contributed by atoms with E-state index in [4.69, 9.17) is 16.3 Å². The first-order valence-corrected chi connectivity index (χ1v) is 10.8. The van der Waals surface area contributed by atoms with E-state index in [0.717, 1.165) is 16.7 Å². The molecule has 33 heavy (non-hydrogen) atoms. The van der Waals surface area contributed by atoms with Crippen molar-refractivity contribution in [3.63, 3.8) is 0 Å². The van der Waals surface area contributed by atoms with Crippen molar-refractivity contribution in [2.45, 2.75) is 26.4 Å². The molecular weight excluding hydrogens is 440 g/mol. The number of benzene rings is 2. The monoisotopic (exact) mass is 462 g/mol. The van der Waals surface area contributed by atoms with Gasteiger partial charge in [-0.2, -0.15) is 0 Å². The van der Waals surface area contributed by atoms with Crippen molar-refractivity contribution in [2.75, 3.05) is 7.11 Å². The van der Waals surface area contributed by atoms with E-state index in [1.807, 2.05) is 32.0 Å². The molecule has 1 atom stereocenters. The summed E-state index contributed by atoms with van der Waals surface area (Å²) < 4.78 is 5.36. The Balaban J connectivity index is 1.91. The number of hydrogen-bond acceptors (Lipinski definition) is 5. The molecule has 168 valence electrons. The Bertz CT molecular complexity index is 1270. The molecule has 0 bridgehead atoms. The van der Waals surface area contributed by atoms with Gasteiger partial charge in [0.15, 0.2) is 0 Å². The van der Waals surface area contributed by atoms with Crippen LogP contribution in [0, 0.1) is 13.8 Å². The number of carbonyl (C=O) groups excluding carboxylic acids is 2. The molecule has 0 saturated carbocycles. The van der Waals surface area contributed by atoms with Gasteiger partial charge in [0, 0.05) is 24.0 Å². The van der Waals surface area contributed by atoms with Crippen molar-refractivity contribution >= 4 is 29.1 Å². The Kier molecular flexibility index (Phi) is 6.20. The van der Waals surface area contributed by atoms with Gasteiger partial charge in [-0.15, -0.1) is 0 Å². The number of Topliss-reactive ketones (excluding diaryl/α,β-unsaturated/α-hetero) is 1. The molecule has 1 aromatic heterocycles. The van der Waals surface area contributed by atoms with E-state index in [9.17, 15) is 14.7 Å². The largest absolute Gasteiger partial charge is 0.507 e. The number of pyridine rings is 1. The minimum Gasteiger partial charge on any atom is -0.507 e. The Labute approximate surface area is 197 Å². The highest BCUT2D eigenvalue weighted by Crippen LogP contribution is 2.42. The van der Waals surface area contributed by atoms with Crippen LogP contribution in [0.2, 0.25) is 5.02 Å². The van der Waals surface area contributed by atoms with Crippen molar-refractivity contribution in [3.8, 4) is 5.75 Å². The van der Waals surface area contributed by atoms with Crippen LogP contribution in [0.3, 0.4) is 0 Å². The molecule has 1 saturated heterocycles. The SMILES string of the molecule is COc1ccc(Cl)cc1/C(O)=C1\C(=O)C(=O)N(Cc2cc(C)ccc2C)C1c1ccncc1. The molecule has 4 rings (SSSR count). The molecule has 1 aliphatic heterocycles. The molecular formula is C26H23ClN2O4. The third-order valence-electron chi connectivity index (χ3n) is 5.82. The molecule has 0 radical (unpaired) electrons. The topological polar surface area (TPSA) is 79.7 Å². The number of likely N-dealkylation sites (tertiary alicyclic amines) is 1. The van der Waals surface area contributed by atoms with Crippen LogP contribution in [0.15, 0.2) is 66.5 Å². The maximum atomic E-state index is 13.2. The number of methoxy groups -OCH3 is 1. The highest BCUT2D eigenvalue weighted by molar-refractivity contribution is 6.46. The zero-order valence-electron chi connectivity index (χ0n) is 18.5. The number of aryl methyl sites for hydroxylation is 2. The van der Waals surface area contributed by atoms with Crippen LogP contribution in [-0.2, 0) is 16.1 Å². The molecule has 2 aromatic carbocycles. The second kappa shape index (κ2) is 9.08. The number of nitrogens with zero attached hydrogens (tertiary/aromatic N) is 2. The molecule has 1 fully saturated rings. The number of carbonyl (C=O) groups is 2. The van der Waals surface area contributed by atoms with Crippen molar-refractivity contribution in [1.29, 1.82) is 0 Å². The average Bonchev–Trinajstić information content (AvgIpc) is 3.06. The number of halogens is 1. The first kappa shape index (κ1) is 22.6. The molecule has 1 N–H and O–H groups in total. The fourth-order valence-corrected chi connectivity index (χ4v) is 4.27. The van der Waals surface area contributed by atoms with Crippen LogP contribution >= 0.6 is 11.6 Å². The maximum absolute atomic E-state index is 13.2. The van der Waals surface area contributed by atoms with E-state index in [0.29, 0.717) is 16.3 Å². The zero-order chi connectivity index (χ0) is 23.7. The van der Waals surface area contributed by atoms with E-state index in [1.54, 1.807) is 36.7 Å². The van der Waals surface area contributed by atoms with E-state index < -0.39 is 17.7 Å². The summed E-state index contributed by atoms with van der Waals surface area (Å²) in [6, 6.07) is 13.4. The maximum Gasteiger partial charge on any atom is 0.295 e. The smallest absolute Gasteiger partial charge is 0.295 e. The molecule has 6 nitrogen and oxygen atoms in total. The predicted molar refractivity (Wildman–Crippen MR) is 126 cm³/mol. The van der Waals surface area contributed by atoms with Gasteiger partial charge in [-0.1, -0.05) is 35.4 Å². The number of hydrogen-bond donors (Lipinski definition) is 1. The Morgan fingerprint density at radius 1 is 1.09 bits per heavy atom. The zero-order valence-corrected chi connectivity index (χ0v) is 19.3. The second-order valence-electron chi connectivity index (χ2n) is 7.98. The van der Waals surface area contributed by atoms with Crippen LogP contribution in [0.4, 0.5) is 0 Å². The van der Waals surface area contributed by atoms with Gasteiger partial charge in [0.2, 0.25) is 0 Å². The molecule has 1 aliphatic rings. The van der Waals surface area contributed by atoms with Gasteiger partial charge in [-0.25, -0.2) is 0 Å². The number of aromatic nitrogens is 1. The van der Waals surface area contributed by atoms with Gasteiger partial charge in [-0.3, -0.25) is 14.6 Å². The lowest BCUT2D eigenvalue weighted by molar-refractivity contribution is -0.140. The van der Waals surface area contributed by atoms with Gasteiger partial charge in [0.1, 0.15) is 11.5 Å². The minimum atomic E-state index is -0.795. The number of aliphatic hydroxyl groups is 1. The summed E-state index contributed by atoms with van der Waals surface area (Å²) in [5.74, 6) is -1.44. The number of aliphatic hydroxyl groups excluding tert-OH is 1. The summed E-state index contributed by atoms with van der Waals surface area (Å²) in [5, 5.41) is 11.6. The normalized spacial score (nSPS) is 17.5. The standard InChI is InChI=1S/C26H23ClN2O4/c1-15-4-5-16(2)18(12-15)14-29-23(17-8-10-28-11-9-17)22(25(31)26(29)32)24(30)20-13-19(27)6-7-21(20)33-3/h4-13,23,30H,14H2,1-3H3/b24-22+. The fourth-order valence-electron chi connectivity index (χ4n) is 4.10. The van der Waals surface area contributed by atoms with Crippen LogP contribution in [-0.4, -0.2) is 33.8 Å². The van der Waals surface area contributed by atoms with Crippen LogP contribution in [0.5, 0.6) is 5.75 Å². The lowest BCUT2D eigenvalue weighted by Gasteiger charge is -2.26. The summed E-state index contributed by atoms with van der Waals surface area (Å²) in [4.78, 5) is 32.0. The van der Waals surface area contributed by atoms with Gasteiger partial charge in [0.25, 0.3) is 11.7 Å². The van der Waals surface area contributed by atoms with Gasteiger partial charge in [-0.05, 0) is 60.9 Å². The Morgan fingerprint density at radius 3 is 2.52 bits per heavy atom. The molecule has 1 amide bonds. The van der Waals surface area contributed by atoms with E-state index >= 15 is 0 Å². The first-order valence-electron chi connectivity index (χ1n) is 10.4. The third kappa shape index (κ3) is 4.22. The quantitative estimate of drug-likeness (QED) is 0.328. The van der Waals surface area contributed by atoms with Crippen LogP contribution in [0.25, 0.3) is 5.76 Å². The van der Waals surface area contributed by atoms with Crippen molar-refractivity contribution in [1.82, 2.24) is 9.88 Å². The van der Waals surface area contributed by atoms with E-state index in [1.165, 1.54) is 18.1 Å². The van der Waals surface area contributed by atoms with Crippen molar-refractivity contribution < 1.29 is 19.4 Å². The summed E-state index contributed by atoms with van der Waals surface area (Å²) in [5.41, 5.74) is 3.88. The molecule has 0 spiro atoms. The highest BCUT2D eigenvalue weighted by atomic mass is 35.5. The molecule has 7 heteroatoms. The van der Waals surface area contributed by atoms with Gasteiger partial charge < -0.3 is 14.7 Å². The van der Waals surface area contributed by atoms with Crippen molar-refractivity contribution in [2.24, 2.45) is 0 Å². The first-order chi connectivity index (χ1) is 15.8. The fraction of sp³-hybridized carbons (Fsp3) is 0.192. The number of ether oxygens (including phenoxy) is 1. The second-order valence-corrected chi connectivity index (χ2v) is 8.42. The Morgan fingerprint density at radius 2 is 1.82 bits per heavy atom. The van der Waals surface area contributed by atoms with Gasteiger partial charge >= 0.3 is 0 Å². The lowest BCUT2D eigenvalue weighted by atomic mass is 9.95. The minimum absolute atomic E-state index is 0.0166. The predicted octanol–water partition coefficient (Wildman–Crippen LogP) is 4.98. The molecule has 2 heterocycles. The van der Waals surface area contributed by atoms with E-state index in [-0.39, 0.29) is 23.4 Å². The molecule has 0 aliphatic carbocycles. The van der Waals surface area contributed by atoms with Crippen molar-refractivity contribution in [3.05, 3.63) is 99.3 Å². The highest BCUT2D eigenvalue weighted by Gasteiger charge is 2.46. The van der Waals surface area contributed by atoms with Crippen LogP contribution in [0.1, 0.15) is 33.9 Å². The van der Waals surface area contributed by atoms with Crippen LogP contribution < -0.4 is 4.74 Å². The van der Waals surface area contributed by atoms with E-state index in [2.05, 4.69) is 4.98 Å². The van der Waals surface area contributed by atoms with Gasteiger partial charge in [0.05, 0.1) is 24.3 Å². The number of amides is 1. The number of rotatable bonds is 5. The lowest BCUT2D eigenvalue weighted by Crippen LogP contribution is -2.29.